The number of rotatable bonds is 7. The fourth-order valence-electron chi connectivity index (χ4n) is 1.87. The number of carbonyl (C=O) groups is 1. The van der Waals surface area contributed by atoms with Crippen molar-refractivity contribution in [1.82, 2.24) is 4.90 Å². The molecular weight excluding hydrogens is 254 g/mol. The van der Waals surface area contributed by atoms with E-state index in [1.54, 1.807) is 37.1 Å². The molecule has 1 rings (SSSR count). The summed E-state index contributed by atoms with van der Waals surface area (Å²) in [5, 5.41) is 9.41. The van der Waals surface area contributed by atoms with Gasteiger partial charge in [0, 0.05) is 20.2 Å². The number of aromatic hydroxyl groups is 1. The van der Waals surface area contributed by atoms with E-state index in [1.165, 1.54) is 0 Å². The van der Waals surface area contributed by atoms with Gasteiger partial charge in [0.25, 0.3) is 5.91 Å². The van der Waals surface area contributed by atoms with Gasteiger partial charge >= 0.3 is 0 Å². The highest BCUT2D eigenvalue weighted by molar-refractivity contribution is 5.80. The van der Waals surface area contributed by atoms with Crippen LogP contribution < -0.4 is 0 Å². The van der Waals surface area contributed by atoms with Crippen molar-refractivity contribution in [3.63, 3.8) is 0 Å². The Kier molecular flexibility index (Phi) is 6.52. The van der Waals surface area contributed by atoms with Crippen LogP contribution in [0.25, 0.3) is 0 Å². The Hall–Kier alpha value is -1.55. The molecule has 1 aromatic rings. The van der Waals surface area contributed by atoms with E-state index in [1.807, 2.05) is 6.07 Å². The van der Waals surface area contributed by atoms with E-state index >= 15 is 0 Å². The fourth-order valence-corrected chi connectivity index (χ4v) is 1.87. The van der Waals surface area contributed by atoms with E-state index in [2.05, 4.69) is 13.8 Å². The van der Waals surface area contributed by atoms with Gasteiger partial charge in [-0.3, -0.25) is 4.79 Å². The number of hydrogen-bond acceptors (Lipinski definition) is 3. The quantitative estimate of drug-likeness (QED) is 0.835. The van der Waals surface area contributed by atoms with E-state index in [4.69, 9.17) is 4.74 Å². The molecule has 1 atom stereocenters. The number of hydrogen-bond donors (Lipinski definition) is 1. The van der Waals surface area contributed by atoms with E-state index < -0.39 is 6.10 Å². The lowest BCUT2D eigenvalue weighted by molar-refractivity contribution is -0.142. The normalized spacial score (nSPS) is 12.4. The second-order valence-corrected chi connectivity index (χ2v) is 5.56. The number of likely N-dealkylation sites (N-methyl/N-ethyl adjacent to an activating group) is 1. The molecule has 0 heterocycles. The second kappa shape index (κ2) is 7.90. The van der Waals surface area contributed by atoms with Crippen LogP contribution in [-0.2, 0) is 16.1 Å². The largest absolute Gasteiger partial charge is 0.508 e. The minimum absolute atomic E-state index is 0.0444. The van der Waals surface area contributed by atoms with Crippen LogP contribution in [-0.4, -0.2) is 35.7 Å². The third-order valence-corrected chi connectivity index (χ3v) is 3.12. The molecule has 0 aromatic heterocycles. The molecule has 1 unspecified atom stereocenters. The lowest BCUT2D eigenvalue weighted by Gasteiger charge is -2.22. The highest BCUT2D eigenvalue weighted by Gasteiger charge is 2.18. The molecule has 0 aliphatic carbocycles. The third-order valence-electron chi connectivity index (χ3n) is 3.12. The minimum atomic E-state index is -0.434. The molecule has 0 saturated carbocycles. The number of phenolic OH excluding ortho intramolecular Hbond substituents is 1. The maximum absolute atomic E-state index is 12.1. The van der Waals surface area contributed by atoms with Gasteiger partial charge < -0.3 is 14.7 Å². The molecule has 20 heavy (non-hydrogen) atoms. The van der Waals surface area contributed by atoms with Gasteiger partial charge in [0.05, 0.1) is 0 Å². The molecule has 0 radical (unpaired) electrons. The standard InChI is InChI=1S/C16H25NO3/c1-12(2)8-9-20-13(3)16(19)17(4)11-14-6-5-7-15(18)10-14/h5-7,10,12-13,18H,8-9,11H2,1-4H3. The van der Waals surface area contributed by atoms with Crippen LogP contribution in [0.5, 0.6) is 5.75 Å². The fraction of sp³-hybridized carbons (Fsp3) is 0.562. The lowest BCUT2D eigenvalue weighted by Crippen LogP contribution is -2.36. The zero-order valence-corrected chi connectivity index (χ0v) is 12.8. The molecule has 112 valence electrons. The van der Waals surface area contributed by atoms with Crippen molar-refractivity contribution in [3.05, 3.63) is 29.8 Å². The highest BCUT2D eigenvalue weighted by Crippen LogP contribution is 2.13. The number of nitrogens with zero attached hydrogens (tertiary/aromatic N) is 1. The number of ether oxygens (including phenoxy) is 1. The molecule has 0 spiro atoms. The molecule has 1 amide bonds. The van der Waals surface area contributed by atoms with Gasteiger partial charge in [-0.15, -0.1) is 0 Å². The Balaban J connectivity index is 2.45. The van der Waals surface area contributed by atoms with Crippen molar-refractivity contribution >= 4 is 5.91 Å². The molecule has 4 nitrogen and oxygen atoms in total. The van der Waals surface area contributed by atoms with Crippen LogP contribution >= 0.6 is 0 Å². The summed E-state index contributed by atoms with van der Waals surface area (Å²) in [5.74, 6) is 0.740. The average Bonchev–Trinajstić information content (AvgIpc) is 2.37. The van der Waals surface area contributed by atoms with Gasteiger partial charge in [-0.25, -0.2) is 0 Å². The van der Waals surface area contributed by atoms with E-state index in [-0.39, 0.29) is 11.7 Å². The van der Waals surface area contributed by atoms with Crippen LogP contribution in [0, 0.1) is 5.92 Å². The molecule has 1 N–H and O–H groups in total. The van der Waals surface area contributed by atoms with Crippen molar-refractivity contribution in [2.45, 2.75) is 39.8 Å². The summed E-state index contributed by atoms with van der Waals surface area (Å²) in [6.45, 7) is 7.10. The summed E-state index contributed by atoms with van der Waals surface area (Å²) < 4.78 is 5.56. The summed E-state index contributed by atoms with van der Waals surface area (Å²) in [4.78, 5) is 13.8. The Labute approximate surface area is 121 Å². The smallest absolute Gasteiger partial charge is 0.251 e. The minimum Gasteiger partial charge on any atom is -0.508 e. The second-order valence-electron chi connectivity index (χ2n) is 5.56. The Morgan fingerprint density at radius 3 is 2.65 bits per heavy atom. The summed E-state index contributed by atoms with van der Waals surface area (Å²) in [7, 11) is 1.74. The lowest BCUT2D eigenvalue weighted by atomic mass is 10.1. The van der Waals surface area contributed by atoms with Crippen molar-refractivity contribution in [3.8, 4) is 5.75 Å². The summed E-state index contributed by atoms with van der Waals surface area (Å²) >= 11 is 0. The summed E-state index contributed by atoms with van der Waals surface area (Å²) in [6, 6.07) is 6.93. The summed E-state index contributed by atoms with van der Waals surface area (Å²) in [6.07, 6.45) is 0.518. The van der Waals surface area contributed by atoms with Gasteiger partial charge in [-0.1, -0.05) is 26.0 Å². The first-order chi connectivity index (χ1) is 9.40. The monoisotopic (exact) mass is 279 g/mol. The molecule has 4 heteroatoms. The molecule has 0 fully saturated rings. The zero-order valence-electron chi connectivity index (χ0n) is 12.8. The third kappa shape index (κ3) is 5.61. The zero-order chi connectivity index (χ0) is 15.1. The number of amides is 1. The topological polar surface area (TPSA) is 49.8 Å². The molecule has 0 aliphatic heterocycles. The van der Waals surface area contributed by atoms with Gasteiger partial charge in [-0.05, 0) is 37.0 Å². The van der Waals surface area contributed by atoms with Crippen molar-refractivity contribution in [2.24, 2.45) is 5.92 Å². The Morgan fingerprint density at radius 2 is 2.05 bits per heavy atom. The van der Waals surface area contributed by atoms with Crippen molar-refractivity contribution in [1.29, 1.82) is 0 Å². The molecular formula is C16H25NO3. The van der Waals surface area contributed by atoms with Crippen LogP contribution in [0.4, 0.5) is 0 Å². The maximum atomic E-state index is 12.1. The summed E-state index contributed by atoms with van der Waals surface area (Å²) in [5.41, 5.74) is 0.898. The first kappa shape index (κ1) is 16.5. The first-order valence-corrected chi connectivity index (χ1v) is 7.04. The SMILES string of the molecule is CC(C)CCOC(C)C(=O)N(C)Cc1cccc(O)c1. The number of phenols is 1. The average molecular weight is 279 g/mol. The van der Waals surface area contributed by atoms with Gasteiger partial charge in [0.15, 0.2) is 0 Å². The highest BCUT2D eigenvalue weighted by atomic mass is 16.5. The molecule has 0 aliphatic rings. The maximum Gasteiger partial charge on any atom is 0.251 e. The molecule has 0 bridgehead atoms. The molecule has 0 saturated heterocycles. The number of carbonyl (C=O) groups excluding carboxylic acids is 1. The first-order valence-electron chi connectivity index (χ1n) is 7.04. The van der Waals surface area contributed by atoms with E-state index in [0.29, 0.717) is 19.1 Å². The van der Waals surface area contributed by atoms with E-state index in [9.17, 15) is 9.90 Å². The van der Waals surface area contributed by atoms with Crippen molar-refractivity contribution in [2.75, 3.05) is 13.7 Å². The van der Waals surface area contributed by atoms with Crippen molar-refractivity contribution < 1.29 is 14.6 Å². The predicted octanol–water partition coefficient (Wildman–Crippen LogP) is 2.80. The van der Waals surface area contributed by atoms with Crippen LogP contribution in [0.15, 0.2) is 24.3 Å². The van der Waals surface area contributed by atoms with Gasteiger partial charge in [0.2, 0.25) is 0 Å². The van der Waals surface area contributed by atoms with Crippen LogP contribution in [0.3, 0.4) is 0 Å². The van der Waals surface area contributed by atoms with E-state index in [0.717, 1.165) is 12.0 Å². The molecule has 1 aromatic carbocycles. The Morgan fingerprint density at radius 1 is 1.35 bits per heavy atom. The number of benzene rings is 1. The van der Waals surface area contributed by atoms with Gasteiger partial charge in [-0.2, -0.15) is 0 Å². The van der Waals surface area contributed by atoms with Crippen LogP contribution in [0.2, 0.25) is 0 Å². The predicted molar refractivity (Wildman–Crippen MR) is 79.4 cm³/mol. The van der Waals surface area contributed by atoms with Gasteiger partial charge in [0.1, 0.15) is 11.9 Å². The Bertz CT molecular complexity index is 431. The van der Waals surface area contributed by atoms with Crippen LogP contribution in [0.1, 0.15) is 32.8 Å².